The topological polar surface area (TPSA) is 179 Å². The highest BCUT2D eigenvalue weighted by atomic mass is 79.9. The van der Waals surface area contributed by atoms with Crippen LogP contribution in [0.25, 0.3) is 0 Å². The van der Waals surface area contributed by atoms with Gasteiger partial charge in [-0.25, -0.2) is 0 Å². The van der Waals surface area contributed by atoms with E-state index in [1.165, 1.54) is 0 Å². The second-order valence-corrected chi connectivity index (χ2v) is 7.08. The minimum Gasteiger partial charge on any atom is -0.393 e. The second-order valence-electron chi connectivity index (χ2n) is 6.00. The molecule has 1 saturated heterocycles. The molecule has 0 amide bonds. The van der Waals surface area contributed by atoms with Gasteiger partial charge in [-0.05, 0) is 43.6 Å². The lowest BCUT2D eigenvalue weighted by atomic mass is 9.56. The highest BCUT2D eigenvalue weighted by Crippen LogP contribution is 2.56. The Labute approximate surface area is 150 Å². The zero-order chi connectivity index (χ0) is 20.2. The van der Waals surface area contributed by atoms with Crippen molar-refractivity contribution in [3.63, 3.8) is 0 Å². The molecule has 11 heteroatoms. The third kappa shape index (κ3) is 2.17. The molecule has 0 aromatic rings. The Morgan fingerprint density at radius 2 is 1.12 bits per heavy atom. The summed E-state index contributed by atoms with van der Waals surface area (Å²) in [4.78, 5) is 48.6. The summed E-state index contributed by atoms with van der Waals surface area (Å²) in [5.41, 5.74) is -14.0. The number of ether oxygens (including phenoxy) is 1. The number of carbonyl (C=O) groups is 4. The molecule has 25 heavy (non-hydrogen) atoms. The fourth-order valence-electron chi connectivity index (χ4n) is 3.26. The van der Waals surface area contributed by atoms with E-state index in [1.807, 2.05) is 0 Å². The van der Waals surface area contributed by atoms with Crippen LogP contribution in [0.5, 0.6) is 0 Å². The Balaban J connectivity index is 4.21. The zero-order valence-corrected chi connectivity index (χ0v) is 15.4. The van der Waals surface area contributed by atoms with Gasteiger partial charge in [0, 0.05) is 0 Å². The van der Waals surface area contributed by atoms with Crippen molar-refractivity contribution in [1.82, 2.24) is 0 Å². The van der Waals surface area contributed by atoms with Crippen molar-refractivity contribution in [3.05, 3.63) is 0 Å². The van der Waals surface area contributed by atoms with Crippen LogP contribution in [-0.4, -0.2) is 82.4 Å². The van der Waals surface area contributed by atoms with Crippen molar-refractivity contribution >= 4 is 39.1 Å². The Hall–Kier alpha value is -1.08. The number of halogens is 1. The summed E-state index contributed by atoms with van der Waals surface area (Å²) < 4.78 is 1.57. The summed E-state index contributed by atoms with van der Waals surface area (Å²) in [6, 6.07) is 0. The average molecular weight is 427 g/mol. The molecule has 0 saturated carbocycles. The number of aliphatic hydroxyl groups is 5. The molecule has 5 atom stereocenters. The number of hydrogen-bond acceptors (Lipinski definition) is 10. The van der Waals surface area contributed by atoms with Gasteiger partial charge in [0.2, 0.25) is 16.8 Å². The first-order valence-corrected chi connectivity index (χ1v) is 7.77. The maximum atomic E-state index is 12.2. The van der Waals surface area contributed by atoms with E-state index in [-0.39, 0.29) is 0 Å². The molecule has 1 heterocycles. The van der Waals surface area contributed by atoms with Crippen molar-refractivity contribution in [2.24, 2.45) is 0 Å². The van der Waals surface area contributed by atoms with E-state index in [2.05, 4.69) is 15.9 Å². The Kier molecular flexibility index (Phi) is 5.25. The smallest absolute Gasteiger partial charge is 0.266 e. The lowest BCUT2D eigenvalue weighted by molar-refractivity contribution is -0.391. The van der Waals surface area contributed by atoms with Crippen molar-refractivity contribution in [1.29, 1.82) is 0 Å². The Bertz CT molecular complexity index is 660. The van der Waals surface area contributed by atoms with Gasteiger partial charge in [0.15, 0.2) is 28.7 Å². The van der Waals surface area contributed by atoms with E-state index < -0.39 is 56.8 Å². The van der Waals surface area contributed by atoms with E-state index in [0.29, 0.717) is 20.8 Å². The molecule has 5 N–H and O–H groups in total. The number of alkyl halides is 1. The molecule has 0 aliphatic carbocycles. The predicted molar refractivity (Wildman–Crippen MR) is 82.4 cm³/mol. The summed E-state index contributed by atoms with van der Waals surface area (Å²) in [7, 11) is 0. The highest BCUT2D eigenvalue weighted by Gasteiger charge is 2.87. The van der Waals surface area contributed by atoms with E-state index in [9.17, 15) is 44.7 Å². The highest BCUT2D eigenvalue weighted by molar-refractivity contribution is 9.10. The fourth-order valence-corrected chi connectivity index (χ4v) is 4.10. The van der Waals surface area contributed by atoms with Crippen molar-refractivity contribution in [2.45, 2.75) is 54.8 Å². The average Bonchev–Trinajstić information content (AvgIpc) is 2.47. The molecular weight excluding hydrogens is 408 g/mol. The molecule has 1 aliphatic heterocycles. The van der Waals surface area contributed by atoms with Gasteiger partial charge in [0.25, 0.3) is 4.70 Å². The molecule has 1 unspecified atom stereocenters. The number of rotatable bonds is 5. The molecular formula is C14H19BrO10. The second kappa shape index (κ2) is 5.98. The molecule has 10 nitrogen and oxygen atoms in total. The first-order valence-electron chi connectivity index (χ1n) is 6.98. The summed E-state index contributed by atoms with van der Waals surface area (Å²) in [5.74, 6) is -5.75. The number of Topliss-reactive ketones (excluding diaryl/α,β-unsaturated/α-hetero) is 4. The molecule has 142 valence electrons. The molecule has 1 fully saturated rings. The lowest BCUT2D eigenvalue weighted by Gasteiger charge is -2.62. The maximum absolute atomic E-state index is 12.2. The first-order chi connectivity index (χ1) is 11.0. The molecule has 0 aromatic carbocycles. The van der Waals surface area contributed by atoms with Crippen LogP contribution in [0.2, 0.25) is 0 Å². The van der Waals surface area contributed by atoms with Gasteiger partial charge < -0.3 is 30.3 Å². The van der Waals surface area contributed by atoms with Crippen molar-refractivity contribution in [3.8, 4) is 0 Å². The van der Waals surface area contributed by atoms with E-state index >= 15 is 0 Å². The van der Waals surface area contributed by atoms with Gasteiger partial charge in [-0.1, -0.05) is 0 Å². The van der Waals surface area contributed by atoms with Crippen LogP contribution in [0.15, 0.2) is 0 Å². The van der Waals surface area contributed by atoms with Crippen molar-refractivity contribution in [2.75, 3.05) is 6.61 Å². The van der Waals surface area contributed by atoms with Gasteiger partial charge in [-0.3, -0.25) is 19.2 Å². The fraction of sp³-hybridized carbons (Fsp3) is 0.714. The lowest BCUT2D eigenvalue weighted by Crippen LogP contribution is -2.92. The Morgan fingerprint density at radius 1 is 0.760 bits per heavy atom. The largest absolute Gasteiger partial charge is 0.393 e. The molecule has 0 spiro atoms. The van der Waals surface area contributed by atoms with Crippen molar-refractivity contribution < 1.29 is 49.4 Å². The summed E-state index contributed by atoms with van der Waals surface area (Å²) in [6.45, 7) is 1.16. The zero-order valence-electron chi connectivity index (χ0n) is 13.9. The van der Waals surface area contributed by atoms with Crippen LogP contribution >= 0.6 is 15.9 Å². The van der Waals surface area contributed by atoms with Gasteiger partial charge in [0.05, 0.1) is 6.61 Å². The third-order valence-electron chi connectivity index (χ3n) is 4.71. The SMILES string of the molecule is CC(=O)[C@]1(O)[C@@](O)(C(C)=O)[C@@](O)(C(C)=O)C(O)(Br)O[C@@]1(CO)C(C)=O. The van der Waals surface area contributed by atoms with E-state index in [1.54, 1.807) is 0 Å². The monoisotopic (exact) mass is 426 g/mol. The van der Waals surface area contributed by atoms with E-state index in [0.717, 1.165) is 6.92 Å². The summed E-state index contributed by atoms with van der Waals surface area (Å²) in [6.07, 6.45) is 0. The minimum atomic E-state index is -3.75. The van der Waals surface area contributed by atoms with Gasteiger partial charge in [0.1, 0.15) is 0 Å². The van der Waals surface area contributed by atoms with Crippen LogP contribution in [0, 0.1) is 0 Å². The summed E-state index contributed by atoms with van der Waals surface area (Å²) >= 11 is 2.41. The van der Waals surface area contributed by atoms with Crippen LogP contribution in [-0.2, 0) is 23.9 Å². The van der Waals surface area contributed by atoms with Crippen LogP contribution in [0.4, 0.5) is 0 Å². The maximum Gasteiger partial charge on any atom is 0.266 e. The molecule has 1 aliphatic rings. The normalized spacial score (nSPS) is 44.2. The number of aliphatic hydroxyl groups excluding tert-OH is 1. The first kappa shape index (κ1) is 22.0. The molecule has 1 rings (SSSR count). The number of carbonyl (C=O) groups excluding carboxylic acids is 4. The predicted octanol–water partition coefficient (Wildman–Crippen LogP) is -2.66. The quantitative estimate of drug-likeness (QED) is 0.291. The molecule has 0 bridgehead atoms. The minimum absolute atomic E-state index is 0.610. The van der Waals surface area contributed by atoms with E-state index in [4.69, 9.17) is 4.74 Å². The van der Waals surface area contributed by atoms with Crippen LogP contribution < -0.4 is 0 Å². The Morgan fingerprint density at radius 3 is 1.36 bits per heavy atom. The molecule has 0 aromatic heterocycles. The molecule has 0 radical (unpaired) electrons. The van der Waals surface area contributed by atoms with Gasteiger partial charge in [-0.2, -0.15) is 0 Å². The van der Waals surface area contributed by atoms with Crippen LogP contribution in [0.1, 0.15) is 27.7 Å². The number of hydrogen-bond donors (Lipinski definition) is 5. The summed E-state index contributed by atoms with van der Waals surface area (Å²) in [5, 5.41) is 52.7. The number of ketones is 4. The van der Waals surface area contributed by atoms with Gasteiger partial charge in [-0.15, -0.1) is 0 Å². The standard InChI is InChI=1S/C14H19BrO10/c1-6(17)10(5-16)11(21,7(2)18)12(22,8(3)19)13(23,9(4)20)14(15,24)25-10/h16,21-24H,5H2,1-4H3/t10-,11+,12-,13-,14?/m0/s1. The third-order valence-corrected chi connectivity index (χ3v) is 5.44. The van der Waals surface area contributed by atoms with Gasteiger partial charge >= 0.3 is 0 Å². The van der Waals surface area contributed by atoms with Crippen LogP contribution in [0.3, 0.4) is 0 Å².